The summed E-state index contributed by atoms with van der Waals surface area (Å²) < 4.78 is 0. The van der Waals surface area contributed by atoms with E-state index in [1.165, 1.54) is 0 Å². The van der Waals surface area contributed by atoms with Crippen LogP contribution in [-0.2, 0) is 16.1 Å². The third-order valence-corrected chi connectivity index (χ3v) is 7.91. The summed E-state index contributed by atoms with van der Waals surface area (Å²) >= 11 is 12.9. The number of amides is 3. The summed E-state index contributed by atoms with van der Waals surface area (Å²) in [6.45, 7) is 6.34. The predicted molar refractivity (Wildman–Crippen MR) is 154 cm³/mol. The van der Waals surface area contributed by atoms with Crippen LogP contribution in [0.15, 0.2) is 54.6 Å². The number of benzene rings is 3. The Kier molecular flexibility index (Phi) is 8.95. The Morgan fingerprint density at radius 1 is 0.974 bits per heavy atom. The molecule has 6 nitrogen and oxygen atoms in total. The zero-order valence-corrected chi connectivity index (χ0v) is 23.5. The number of nitrogens with one attached hydrogen (secondary N) is 1. The van der Waals surface area contributed by atoms with Gasteiger partial charge in [0.15, 0.2) is 0 Å². The van der Waals surface area contributed by atoms with Gasteiger partial charge in [0.1, 0.15) is 6.04 Å². The first-order valence-electron chi connectivity index (χ1n) is 13.1. The lowest BCUT2D eigenvalue weighted by Gasteiger charge is -2.32. The minimum atomic E-state index is -0.671. The third-order valence-electron chi connectivity index (χ3n) is 7.20. The van der Waals surface area contributed by atoms with Crippen LogP contribution in [0.4, 0.5) is 5.69 Å². The average Bonchev–Trinajstić information content (AvgIpc) is 3.18. The Morgan fingerprint density at radius 3 is 2.29 bits per heavy atom. The van der Waals surface area contributed by atoms with Crippen molar-refractivity contribution in [1.29, 1.82) is 0 Å². The second-order valence-electron chi connectivity index (χ2n) is 9.70. The van der Waals surface area contributed by atoms with Crippen LogP contribution in [0.25, 0.3) is 10.8 Å². The van der Waals surface area contributed by atoms with Crippen LogP contribution in [0.3, 0.4) is 0 Å². The molecule has 2 atom stereocenters. The predicted octanol–water partition coefficient (Wildman–Crippen LogP) is 6.61. The summed E-state index contributed by atoms with van der Waals surface area (Å²) in [7, 11) is 0. The molecule has 200 valence electrons. The average molecular weight is 555 g/mol. The molecule has 0 unspecified atom stereocenters. The zero-order valence-electron chi connectivity index (χ0n) is 22.0. The second kappa shape index (κ2) is 12.2. The van der Waals surface area contributed by atoms with E-state index >= 15 is 0 Å². The standard InChI is InChI=1S/C30H33Cl2N3O3/c1-4-19(3)33-29(37)25(5-2)35(18-22-23(31)13-8-14-24(22)32)27(36)16-9-17-34-26-15-7-11-20-10-6-12-21(28(20)26)30(34)38/h6-8,10-15,19,25H,4-5,9,16-18H2,1-3H3,(H,33,37)/t19-,25+/m0/s1. The van der Waals surface area contributed by atoms with Crippen LogP contribution >= 0.6 is 23.2 Å². The molecule has 38 heavy (non-hydrogen) atoms. The van der Waals surface area contributed by atoms with Gasteiger partial charge in [-0.25, -0.2) is 0 Å². The molecule has 4 rings (SSSR count). The first-order chi connectivity index (χ1) is 18.3. The van der Waals surface area contributed by atoms with E-state index in [9.17, 15) is 14.4 Å². The molecule has 0 saturated heterocycles. The lowest BCUT2D eigenvalue weighted by atomic mass is 10.1. The fraction of sp³-hybridized carbons (Fsp3) is 0.367. The summed E-state index contributed by atoms with van der Waals surface area (Å²) in [5.41, 5.74) is 2.16. The molecule has 1 heterocycles. The highest BCUT2D eigenvalue weighted by Gasteiger charge is 2.32. The number of nitrogens with zero attached hydrogens (tertiary/aromatic N) is 2. The highest BCUT2D eigenvalue weighted by Crippen LogP contribution is 2.37. The van der Waals surface area contributed by atoms with Crippen LogP contribution in [0.2, 0.25) is 10.0 Å². The molecule has 0 spiro atoms. The maximum atomic E-state index is 13.7. The van der Waals surface area contributed by atoms with Gasteiger partial charge in [-0.2, -0.15) is 0 Å². The fourth-order valence-corrected chi connectivity index (χ4v) is 5.46. The summed E-state index contributed by atoms with van der Waals surface area (Å²) in [6.07, 6.45) is 1.85. The van der Waals surface area contributed by atoms with Gasteiger partial charge < -0.3 is 15.1 Å². The smallest absolute Gasteiger partial charge is 0.258 e. The van der Waals surface area contributed by atoms with Crippen molar-refractivity contribution < 1.29 is 14.4 Å². The lowest BCUT2D eigenvalue weighted by molar-refractivity contribution is -0.141. The van der Waals surface area contributed by atoms with Crippen LogP contribution < -0.4 is 10.2 Å². The van der Waals surface area contributed by atoms with Crippen molar-refractivity contribution in [2.75, 3.05) is 11.4 Å². The lowest BCUT2D eigenvalue weighted by Crippen LogP contribution is -2.50. The van der Waals surface area contributed by atoms with Gasteiger partial charge in [0, 0.05) is 52.1 Å². The Morgan fingerprint density at radius 2 is 1.63 bits per heavy atom. The Balaban J connectivity index is 1.52. The summed E-state index contributed by atoms with van der Waals surface area (Å²) in [4.78, 5) is 43.3. The Hall–Kier alpha value is -3.09. The maximum absolute atomic E-state index is 13.7. The van der Waals surface area contributed by atoms with Gasteiger partial charge in [0.25, 0.3) is 5.91 Å². The number of rotatable bonds is 11. The van der Waals surface area contributed by atoms with Crippen molar-refractivity contribution >= 4 is 57.4 Å². The van der Waals surface area contributed by atoms with Crippen LogP contribution in [0, 0.1) is 0 Å². The number of anilines is 1. The molecule has 0 aromatic heterocycles. The van der Waals surface area contributed by atoms with Gasteiger partial charge in [-0.3, -0.25) is 14.4 Å². The highest BCUT2D eigenvalue weighted by molar-refractivity contribution is 6.36. The molecular formula is C30H33Cl2N3O3. The molecule has 3 aromatic rings. The normalized spacial score (nSPS) is 14.0. The molecule has 8 heteroatoms. The quantitative estimate of drug-likeness (QED) is 0.290. The van der Waals surface area contributed by atoms with E-state index in [1.807, 2.05) is 57.2 Å². The topological polar surface area (TPSA) is 69.7 Å². The largest absolute Gasteiger partial charge is 0.352 e. The molecule has 0 radical (unpaired) electrons. The van der Waals surface area contributed by atoms with E-state index in [2.05, 4.69) is 5.32 Å². The van der Waals surface area contributed by atoms with Crippen molar-refractivity contribution in [2.24, 2.45) is 0 Å². The molecule has 1 aliphatic heterocycles. The van der Waals surface area contributed by atoms with Crippen LogP contribution in [0.1, 0.15) is 62.4 Å². The van der Waals surface area contributed by atoms with Gasteiger partial charge in [0.2, 0.25) is 11.8 Å². The minimum Gasteiger partial charge on any atom is -0.352 e. The molecule has 0 saturated carbocycles. The number of hydrogen-bond acceptors (Lipinski definition) is 3. The number of carbonyl (C=O) groups is 3. The monoisotopic (exact) mass is 553 g/mol. The maximum Gasteiger partial charge on any atom is 0.258 e. The molecule has 3 amide bonds. The number of carbonyl (C=O) groups excluding carboxylic acids is 3. The van der Waals surface area contributed by atoms with Crippen molar-refractivity contribution in [1.82, 2.24) is 10.2 Å². The van der Waals surface area contributed by atoms with E-state index in [4.69, 9.17) is 23.2 Å². The SMILES string of the molecule is CC[C@H](C(=O)N[C@@H](C)CC)N(Cc1c(Cl)cccc1Cl)C(=O)CCCN1C(=O)c2cccc3cccc1c23. The van der Waals surface area contributed by atoms with Crippen LogP contribution in [0.5, 0.6) is 0 Å². The van der Waals surface area contributed by atoms with Gasteiger partial charge >= 0.3 is 0 Å². The molecule has 0 fully saturated rings. The molecule has 1 aliphatic rings. The summed E-state index contributed by atoms with van der Waals surface area (Å²) in [5, 5.41) is 5.87. The molecule has 0 bridgehead atoms. The summed E-state index contributed by atoms with van der Waals surface area (Å²) in [6, 6.07) is 16.1. The Labute approximate surface area is 233 Å². The highest BCUT2D eigenvalue weighted by atomic mass is 35.5. The van der Waals surface area contributed by atoms with Crippen molar-refractivity contribution in [3.8, 4) is 0 Å². The second-order valence-corrected chi connectivity index (χ2v) is 10.5. The number of halogens is 2. The zero-order chi connectivity index (χ0) is 27.4. The number of hydrogen-bond donors (Lipinski definition) is 1. The van der Waals surface area contributed by atoms with Crippen LogP contribution in [-0.4, -0.2) is 41.2 Å². The van der Waals surface area contributed by atoms with Crippen molar-refractivity contribution in [2.45, 2.75) is 65.1 Å². The van der Waals surface area contributed by atoms with E-state index in [0.717, 1.165) is 22.9 Å². The van der Waals surface area contributed by atoms with E-state index in [-0.39, 0.29) is 36.7 Å². The van der Waals surface area contributed by atoms with E-state index < -0.39 is 6.04 Å². The molecule has 1 N–H and O–H groups in total. The van der Waals surface area contributed by atoms with Gasteiger partial charge in [-0.05, 0) is 55.8 Å². The van der Waals surface area contributed by atoms with Gasteiger partial charge in [-0.15, -0.1) is 0 Å². The van der Waals surface area contributed by atoms with Gasteiger partial charge in [0.05, 0.1) is 5.69 Å². The van der Waals surface area contributed by atoms with Crippen molar-refractivity contribution in [3.05, 3.63) is 75.8 Å². The molecule has 3 aromatic carbocycles. The third kappa shape index (κ3) is 5.67. The molecular weight excluding hydrogens is 521 g/mol. The van der Waals surface area contributed by atoms with Gasteiger partial charge in [-0.1, -0.05) is 67.4 Å². The van der Waals surface area contributed by atoms with E-state index in [0.29, 0.717) is 40.6 Å². The fourth-order valence-electron chi connectivity index (χ4n) is 4.95. The van der Waals surface area contributed by atoms with E-state index in [1.54, 1.807) is 28.0 Å². The van der Waals surface area contributed by atoms with Crippen molar-refractivity contribution in [3.63, 3.8) is 0 Å². The summed E-state index contributed by atoms with van der Waals surface area (Å²) in [5.74, 6) is -0.437. The Bertz CT molecular complexity index is 1330. The first kappa shape index (κ1) is 27.9. The minimum absolute atomic E-state index is 0.0112. The molecule has 0 aliphatic carbocycles. The first-order valence-corrected chi connectivity index (χ1v) is 13.9.